The molecule has 25 heavy (non-hydrogen) atoms. The minimum absolute atomic E-state index is 0.0141. The molecule has 1 atom stereocenters. The van der Waals surface area contributed by atoms with Crippen molar-refractivity contribution < 1.29 is 22.7 Å². The smallest absolute Gasteiger partial charge is 0.362 e. The number of carbonyl (C=O) groups excluding carboxylic acids is 1. The number of hydrogen-bond donors (Lipinski definition) is 1. The van der Waals surface area contributed by atoms with Crippen molar-refractivity contribution >= 4 is 5.91 Å². The van der Waals surface area contributed by atoms with E-state index in [4.69, 9.17) is 0 Å². The molecule has 0 radical (unpaired) electrons. The Morgan fingerprint density at radius 1 is 1.28 bits per heavy atom. The Hall–Kier alpha value is -1.60. The maximum absolute atomic E-state index is 12.1. The van der Waals surface area contributed by atoms with E-state index in [2.05, 4.69) is 21.9 Å². The van der Waals surface area contributed by atoms with Gasteiger partial charge in [0.15, 0.2) is 0 Å². The van der Waals surface area contributed by atoms with Crippen LogP contribution in [0.3, 0.4) is 0 Å². The Morgan fingerprint density at radius 3 is 2.52 bits per heavy atom. The lowest BCUT2D eigenvalue weighted by Gasteiger charge is -2.37. The predicted molar refractivity (Wildman–Crippen MR) is 89.0 cm³/mol. The Morgan fingerprint density at radius 2 is 1.92 bits per heavy atom. The molecule has 0 aliphatic carbocycles. The van der Waals surface area contributed by atoms with Crippen LogP contribution < -0.4 is 5.32 Å². The molecule has 1 aromatic rings. The van der Waals surface area contributed by atoms with Crippen LogP contribution in [0.2, 0.25) is 0 Å². The van der Waals surface area contributed by atoms with Crippen molar-refractivity contribution in [2.24, 2.45) is 5.92 Å². The van der Waals surface area contributed by atoms with E-state index < -0.39 is 25.3 Å². The largest absolute Gasteiger partial charge is 0.411 e. The Bertz CT molecular complexity index is 529. The molecule has 1 heterocycles. The number of halogens is 3. The number of ether oxygens (including phenoxy) is 1. The average molecular weight is 358 g/mol. The van der Waals surface area contributed by atoms with Crippen molar-refractivity contribution in [2.75, 3.05) is 32.8 Å². The van der Waals surface area contributed by atoms with E-state index in [0.29, 0.717) is 12.5 Å². The molecule has 0 spiro atoms. The number of benzene rings is 1. The van der Waals surface area contributed by atoms with E-state index in [1.807, 2.05) is 30.3 Å². The van der Waals surface area contributed by atoms with Gasteiger partial charge in [0.05, 0.1) is 6.04 Å². The summed E-state index contributed by atoms with van der Waals surface area (Å²) >= 11 is 0. The molecule has 0 aromatic heterocycles. The van der Waals surface area contributed by atoms with E-state index in [-0.39, 0.29) is 6.04 Å². The first-order chi connectivity index (χ1) is 11.8. The molecule has 0 saturated carbocycles. The molecule has 2 rings (SSSR count). The first-order valence-corrected chi connectivity index (χ1v) is 8.55. The Balaban J connectivity index is 1.89. The molecule has 140 valence electrons. The number of carbonyl (C=O) groups is 1. The number of piperidine rings is 1. The number of likely N-dealkylation sites (tertiary alicyclic amines) is 1. The summed E-state index contributed by atoms with van der Waals surface area (Å²) in [4.78, 5) is 14.1. The summed E-state index contributed by atoms with van der Waals surface area (Å²) in [6.07, 6.45) is -2.21. The monoisotopic (exact) mass is 358 g/mol. The highest BCUT2D eigenvalue weighted by molar-refractivity contribution is 5.77. The third-order valence-electron chi connectivity index (χ3n) is 4.43. The van der Waals surface area contributed by atoms with Crippen LogP contribution in [0.5, 0.6) is 0 Å². The van der Waals surface area contributed by atoms with Crippen molar-refractivity contribution in [3.05, 3.63) is 35.9 Å². The molecular weight excluding hydrogens is 333 g/mol. The maximum atomic E-state index is 12.1. The summed E-state index contributed by atoms with van der Waals surface area (Å²) in [5.74, 6) is 0.161. The quantitative estimate of drug-likeness (QED) is 0.814. The fourth-order valence-corrected chi connectivity index (χ4v) is 2.99. The number of nitrogens with one attached hydrogen (secondary N) is 1. The molecule has 1 amide bonds. The van der Waals surface area contributed by atoms with Gasteiger partial charge >= 0.3 is 6.18 Å². The summed E-state index contributed by atoms with van der Waals surface area (Å²) < 4.78 is 40.6. The maximum Gasteiger partial charge on any atom is 0.411 e. The van der Waals surface area contributed by atoms with E-state index in [9.17, 15) is 18.0 Å². The van der Waals surface area contributed by atoms with Gasteiger partial charge in [0.1, 0.15) is 13.2 Å². The molecule has 1 aromatic carbocycles. The Labute approximate surface area is 146 Å². The summed E-state index contributed by atoms with van der Waals surface area (Å²) in [7, 11) is 0. The lowest BCUT2D eigenvalue weighted by atomic mass is 9.95. The van der Waals surface area contributed by atoms with E-state index in [1.165, 1.54) is 0 Å². The van der Waals surface area contributed by atoms with E-state index >= 15 is 0 Å². The zero-order valence-corrected chi connectivity index (χ0v) is 14.4. The number of amides is 1. The first-order valence-electron chi connectivity index (χ1n) is 8.55. The number of alkyl halides is 3. The molecule has 1 aliphatic heterocycles. The third kappa shape index (κ3) is 7.04. The van der Waals surface area contributed by atoms with Crippen LogP contribution in [0.4, 0.5) is 13.2 Å². The predicted octanol–water partition coefficient (Wildman–Crippen LogP) is 3.15. The van der Waals surface area contributed by atoms with Crippen LogP contribution in [-0.2, 0) is 9.53 Å². The minimum atomic E-state index is -4.42. The zero-order valence-electron chi connectivity index (χ0n) is 14.4. The van der Waals surface area contributed by atoms with Crippen LogP contribution in [0, 0.1) is 5.92 Å². The van der Waals surface area contributed by atoms with Crippen LogP contribution in [0.1, 0.15) is 31.4 Å². The van der Waals surface area contributed by atoms with Gasteiger partial charge in [-0.05, 0) is 37.4 Å². The highest BCUT2D eigenvalue weighted by Gasteiger charge is 2.28. The molecular formula is C18H25F3N2O2. The fourth-order valence-electron chi connectivity index (χ4n) is 2.99. The van der Waals surface area contributed by atoms with Gasteiger partial charge in [-0.1, -0.05) is 37.3 Å². The standard InChI is InChI=1S/C18H25F3N2O2/c1-14-7-9-23(10-8-14)16(15-5-3-2-4-6-15)11-22-17(24)12-25-13-18(19,20)21/h2-6,14,16H,7-13H2,1H3,(H,22,24). The SMILES string of the molecule is CC1CCN(C(CNC(=O)COCC(F)(F)F)c2ccccc2)CC1. The number of nitrogens with zero attached hydrogens (tertiary/aromatic N) is 1. The van der Waals surface area contributed by atoms with Gasteiger partial charge in [0, 0.05) is 6.54 Å². The Kier molecular flexibility index (Phi) is 7.25. The summed E-state index contributed by atoms with van der Waals surface area (Å²) in [5.41, 5.74) is 1.09. The van der Waals surface area contributed by atoms with Crippen molar-refractivity contribution in [3.63, 3.8) is 0 Å². The number of hydrogen-bond acceptors (Lipinski definition) is 3. The average Bonchev–Trinajstić information content (AvgIpc) is 2.56. The molecule has 1 unspecified atom stereocenters. The van der Waals surface area contributed by atoms with Crippen LogP contribution >= 0.6 is 0 Å². The summed E-state index contributed by atoms with van der Waals surface area (Å²) in [5, 5.41) is 2.70. The third-order valence-corrected chi connectivity index (χ3v) is 4.43. The van der Waals surface area contributed by atoms with E-state index in [1.54, 1.807) is 0 Å². The minimum Gasteiger partial charge on any atom is -0.362 e. The molecule has 1 N–H and O–H groups in total. The normalized spacial score (nSPS) is 18.1. The van der Waals surface area contributed by atoms with Gasteiger partial charge in [-0.25, -0.2) is 0 Å². The summed E-state index contributed by atoms with van der Waals surface area (Å²) in [6, 6.07) is 9.86. The van der Waals surface area contributed by atoms with Crippen LogP contribution in [0.15, 0.2) is 30.3 Å². The lowest BCUT2D eigenvalue weighted by Crippen LogP contribution is -2.42. The second-order valence-corrected chi connectivity index (χ2v) is 6.56. The molecule has 1 fully saturated rings. The van der Waals surface area contributed by atoms with Crippen molar-refractivity contribution in [3.8, 4) is 0 Å². The lowest BCUT2D eigenvalue weighted by molar-refractivity contribution is -0.175. The van der Waals surface area contributed by atoms with E-state index in [0.717, 1.165) is 31.5 Å². The molecule has 1 aliphatic rings. The van der Waals surface area contributed by atoms with Crippen molar-refractivity contribution in [1.82, 2.24) is 10.2 Å². The molecule has 7 heteroatoms. The van der Waals surface area contributed by atoms with Gasteiger partial charge < -0.3 is 10.1 Å². The number of rotatable bonds is 7. The fraction of sp³-hybridized carbons (Fsp3) is 0.611. The zero-order chi connectivity index (χ0) is 18.3. The first kappa shape index (κ1) is 19.7. The topological polar surface area (TPSA) is 41.6 Å². The van der Waals surface area contributed by atoms with Crippen LogP contribution in [0.25, 0.3) is 0 Å². The molecule has 4 nitrogen and oxygen atoms in total. The highest BCUT2D eigenvalue weighted by atomic mass is 19.4. The van der Waals surface area contributed by atoms with Crippen molar-refractivity contribution in [2.45, 2.75) is 32.0 Å². The van der Waals surface area contributed by atoms with Crippen LogP contribution in [-0.4, -0.2) is 49.8 Å². The second-order valence-electron chi connectivity index (χ2n) is 6.56. The van der Waals surface area contributed by atoms with Crippen molar-refractivity contribution in [1.29, 1.82) is 0 Å². The molecule has 0 bridgehead atoms. The second kappa shape index (κ2) is 9.20. The molecule has 1 saturated heterocycles. The van der Waals surface area contributed by atoms with Gasteiger partial charge in [0.25, 0.3) is 0 Å². The van der Waals surface area contributed by atoms with Gasteiger partial charge in [-0.2, -0.15) is 13.2 Å². The van der Waals surface area contributed by atoms with Gasteiger partial charge in [-0.15, -0.1) is 0 Å². The summed E-state index contributed by atoms with van der Waals surface area (Å²) in [6.45, 7) is 2.48. The van der Waals surface area contributed by atoms with Gasteiger partial charge in [0.2, 0.25) is 5.91 Å². The van der Waals surface area contributed by atoms with Gasteiger partial charge in [-0.3, -0.25) is 9.69 Å². The highest BCUT2D eigenvalue weighted by Crippen LogP contribution is 2.26.